The molecule has 2 rings (SSSR count). The first-order valence-electron chi connectivity index (χ1n) is 6.91. The van der Waals surface area contributed by atoms with Crippen LogP contribution in [0.2, 0.25) is 0 Å². The van der Waals surface area contributed by atoms with E-state index in [1.54, 1.807) is 0 Å². The van der Waals surface area contributed by atoms with E-state index in [0.29, 0.717) is 25.8 Å². The maximum atomic E-state index is 10.4. The van der Waals surface area contributed by atoms with Gasteiger partial charge in [-0.3, -0.25) is 4.90 Å². The number of aliphatic hydroxyl groups is 1. The van der Waals surface area contributed by atoms with Crippen LogP contribution in [0.4, 0.5) is 0 Å². The van der Waals surface area contributed by atoms with Gasteiger partial charge in [-0.15, -0.1) is 6.42 Å². The van der Waals surface area contributed by atoms with Gasteiger partial charge < -0.3 is 15.2 Å². The number of nitrogens with one attached hydrogen (secondary N) is 1. The fraction of sp³-hybridized carbons (Fsp3) is 0.857. The Balaban J connectivity index is 1.67. The zero-order chi connectivity index (χ0) is 12.8. The van der Waals surface area contributed by atoms with Crippen LogP contribution in [0, 0.1) is 12.3 Å². The second-order valence-corrected chi connectivity index (χ2v) is 5.47. The summed E-state index contributed by atoms with van der Waals surface area (Å²) in [7, 11) is 0. The first kappa shape index (κ1) is 13.8. The highest BCUT2D eigenvalue weighted by atomic mass is 16.5. The molecule has 2 aliphatic heterocycles. The molecule has 0 aliphatic carbocycles. The standard InChI is InChI=1S/C14H24N2O2/c1-2-7-16-8-3-13(4-9-16)15-12-14(17)5-10-18-11-6-14/h1,13,15,17H,3-12H2. The summed E-state index contributed by atoms with van der Waals surface area (Å²) in [6, 6.07) is 0.519. The van der Waals surface area contributed by atoms with Crippen LogP contribution in [0.25, 0.3) is 0 Å². The van der Waals surface area contributed by atoms with Gasteiger partial charge in [0.25, 0.3) is 0 Å². The highest BCUT2D eigenvalue weighted by molar-refractivity contribution is 4.91. The summed E-state index contributed by atoms with van der Waals surface area (Å²) >= 11 is 0. The summed E-state index contributed by atoms with van der Waals surface area (Å²) in [5.74, 6) is 2.69. The van der Waals surface area contributed by atoms with E-state index in [9.17, 15) is 5.11 Å². The van der Waals surface area contributed by atoms with Gasteiger partial charge in [-0.1, -0.05) is 5.92 Å². The molecule has 18 heavy (non-hydrogen) atoms. The molecule has 0 atom stereocenters. The van der Waals surface area contributed by atoms with Gasteiger partial charge in [-0.05, 0) is 12.8 Å². The van der Waals surface area contributed by atoms with Crippen LogP contribution in [0.15, 0.2) is 0 Å². The number of nitrogens with zero attached hydrogens (tertiary/aromatic N) is 1. The van der Waals surface area contributed by atoms with Crippen molar-refractivity contribution in [3.63, 3.8) is 0 Å². The summed E-state index contributed by atoms with van der Waals surface area (Å²) in [6.07, 6.45) is 9.05. The normalized spacial score (nSPS) is 25.8. The van der Waals surface area contributed by atoms with Crippen molar-refractivity contribution in [1.82, 2.24) is 10.2 Å². The zero-order valence-corrected chi connectivity index (χ0v) is 11.0. The number of rotatable bonds is 4. The Morgan fingerprint density at radius 3 is 2.61 bits per heavy atom. The SMILES string of the molecule is C#CCN1CCC(NCC2(O)CCOCC2)CC1. The third-order valence-electron chi connectivity index (χ3n) is 4.05. The van der Waals surface area contributed by atoms with Crippen LogP contribution >= 0.6 is 0 Å². The fourth-order valence-electron chi connectivity index (χ4n) is 2.69. The molecular formula is C14H24N2O2. The average Bonchev–Trinajstić information content (AvgIpc) is 2.39. The highest BCUT2D eigenvalue weighted by Gasteiger charge is 2.30. The Morgan fingerprint density at radius 2 is 2.00 bits per heavy atom. The van der Waals surface area contributed by atoms with Gasteiger partial charge in [0.05, 0.1) is 12.1 Å². The van der Waals surface area contributed by atoms with E-state index in [2.05, 4.69) is 16.1 Å². The summed E-state index contributed by atoms with van der Waals surface area (Å²) in [4.78, 5) is 2.31. The summed E-state index contributed by atoms with van der Waals surface area (Å²) in [5, 5.41) is 13.9. The Labute approximate surface area is 110 Å². The molecule has 0 spiro atoms. The van der Waals surface area contributed by atoms with Gasteiger partial charge in [0.15, 0.2) is 0 Å². The van der Waals surface area contributed by atoms with E-state index in [4.69, 9.17) is 11.2 Å². The van der Waals surface area contributed by atoms with Crippen molar-refractivity contribution < 1.29 is 9.84 Å². The van der Waals surface area contributed by atoms with Gasteiger partial charge >= 0.3 is 0 Å². The van der Waals surface area contributed by atoms with E-state index >= 15 is 0 Å². The Kier molecular flexibility index (Phi) is 5.02. The average molecular weight is 252 g/mol. The minimum absolute atomic E-state index is 0.519. The Hall–Kier alpha value is -0.600. The molecule has 0 aromatic carbocycles. The molecule has 4 nitrogen and oxygen atoms in total. The smallest absolute Gasteiger partial charge is 0.0815 e. The Bertz CT molecular complexity index is 287. The lowest BCUT2D eigenvalue weighted by molar-refractivity contribution is -0.0634. The first-order chi connectivity index (χ1) is 8.72. The molecule has 0 radical (unpaired) electrons. The predicted molar refractivity (Wildman–Crippen MR) is 71.3 cm³/mol. The topological polar surface area (TPSA) is 44.7 Å². The number of piperidine rings is 1. The molecular weight excluding hydrogens is 228 g/mol. The molecule has 0 aromatic rings. The fourth-order valence-corrected chi connectivity index (χ4v) is 2.69. The van der Waals surface area contributed by atoms with Crippen molar-refractivity contribution in [2.24, 2.45) is 0 Å². The van der Waals surface area contributed by atoms with Gasteiger partial charge in [0.2, 0.25) is 0 Å². The number of likely N-dealkylation sites (tertiary alicyclic amines) is 1. The molecule has 2 fully saturated rings. The molecule has 2 N–H and O–H groups in total. The van der Waals surface area contributed by atoms with Crippen molar-refractivity contribution in [1.29, 1.82) is 0 Å². The third-order valence-corrected chi connectivity index (χ3v) is 4.05. The minimum Gasteiger partial charge on any atom is -0.388 e. The number of hydrogen-bond donors (Lipinski definition) is 2. The van der Waals surface area contributed by atoms with Crippen molar-refractivity contribution in [3.8, 4) is 12.3 Å². The molecule has 0 saturated carbocycles. The van der Waals surface area contributed by atoms with Crippen LogP contribution in [0.5, 0.6) is 0 Å². The molecule has 2 heterocycles. The van der Waals surface area contributed by atoms with E-state index in [-0.39, 0.29) is 0 Å². The van der Waals surface area contributed by atoms with Crippen LogP contribution in [-0.2, 0) is 4.74 Å². The van der Waals surface area contributed by atoms with E-state index in [1.807, 2.05) is 0 Å². The maximum absolute atomic E-state index is 10.4. The predicted octanol–water partition coefficient (Wildman–Crippen LogP) is 0.215. The molecule has 0 bridgehead atoms. The second-order valence-electron chi connectivity index (χ2n) is 5.47. The monoisotopic (exact) mass is 252 g/mol. The third kappa shape index (κ3) is 3.96. The van der Waals surface area contributed by atoms with Crippen LogP contribution in [0.3, 0.4) is 0 Å². The lowest BCUT2D eigenvalue weighted by Gasteiger charge is -2.36. The lowest BCUT2D eigenvalue weighted by atomic mass is 9.93. The van der Waals surface area contributed by atoms with Gasteiger partial charge in [0, 0.05) is 51.7 Å². The van der Waals surface area contributed by atoms with E-state index in [0.717, 1.165) is 45.3 Å². The van der Waals surface area contributed by atoms with Crippen LogP contribution < -0.4 is 5.32 Å². The molecule has 4 heteroatoms. The van der Waals surface area contributed by atoms with Gasteiger partial charge in [-0.2, -0.15) is 0 Å². The maximum Gasteiger partial charge on any atom is 0.0815 e. The minimum atomic E-state index is -0.561. The molecule has 102 valence electrons. The van der Waals surface area contributed by atoms with Crippen molar-refractivity contribution in [2.45, 2.75) is 37.3 Å². The summed E-state index contributed by atoms with van der Waals surface area (Å²) < 4.78 is 5.28. The van der Waals surface area contributed by atoms with Crippen LogP contribution in [0.1, 0.15) is 25.7 Å². The highest BCUT2D eigenvalue weighted by Crippen LogP contribution is 2.20. The van der Waals surface area contributed by atoms with Crippen molar-refractivity contribution >= 4 is 0 Å². The number of hydrogen-bond acceptors (Lipinski definition) is 4. The molecule has 0 amide bonds. The van der Waals surface area contributed by atoms with E-state index in [1.165, 1.54) is 0 Å². The van der Waals surface area contributed by atoms with Crippen molar-refractivity contribution in [3.05, 3.63) is 0 Å². The second kappa shape index (κ2) is 6.53. The summed E-state index contributed by atoms with van der Waals surface area (Å²) in [5.41, 5.74) is -0.561. The van der Waals surface area contributed by atoms with Crippen molar-refractivity contribution in [2.75, 3.05) is 39.4 Å². The largest absolute Gasteiger partial charge is 0.388 e. The van der Waals surface area contributed by atoms with Gasteiger partial charge in [0.1, 0.15) is 0 Å². The molecule has 2 saturated heterocycles. The number of ether oxygens (including phenoxy) is 1. The van der Waals surface area contributed by atoms with Crippen LogP contribution in [-0.4, -0.2) is 61.0 Å². The quantitative estimate of drug-likeness (QED) is 0.702. The molecule has 2 aliphatic rings. The number of terminal acetylenes is 1. The zero-order valence-electron chi connectivity index (χ0n) is 11.0. The molecule has 0 unspecified atom stereocenters. The van der Waals surface area contributed by atoms with E-state index < -0.39 is 5.60 Å². The Morgan fingerprint density at radius 1 is 1.33 bits per heavy atom. The first-order valence-corrected chi connectivity index (χ1v) is 6.91. The summed E-state index contributed by atoms with van der Waals surface area (Å²) in [6.45, 7) is 4.93. The molecule has 0 aromatic heterocycles. The lowest BCUT2D eigenvalue weighted by Crippen LogP contribution is -2.50. The van der Waals surface area contributed by atoms with Gasteiger partial charge in [-0.25, -0.2) is 0 Å².